The highest BCUT2D eigenvalue weighted by molar-refractivity contribution is 5.45. The van der Waals surface area contributed by atoms with Crippen LogP contribution >= 0.6 is 0 Å². The zero-order chi connectivity index (χ0) is 14.7. The summed E-state index contributed by atoms with van der Waals surface area (Å²) in [4.78, 5) is 0. The van der Waals surface area contributed by atoms with Crippen molar-refractivity contribution in [2.75, 3.05) is 0 Å². The average Bonchev–Trinajstić information content (AvgIpc) is 2.48. The first-order chi connectivity index (χ1) is 9.27. The zero-order valence-corrected chi connectivity index (χ0v) is 11.9. The lowest BCUT2D eigenvalue weighted by atomic mass is 10.3. The van der Waals surface area contributed by atoms with Gasteiger partial charge in [-0.3, -0.25) is 0 Å². The molecule has 2 aromatic rings. The van der Waals surface area contributed by atoms with Crippen LogP contribution in [0.2, 0.25) is 0 Å². The van der Waals surface area contributed by atoms with Crippen molar-refractivity contribution in [1.29, 1.82) is 0 Å². The third-order valence-corrected chi connectivity index (χ3v) is 1.95. The van der Waals surface area contributed by atoms with E-state index in [-0.39, 0.29) is 11.5 Å². The Morgan fingerprint density at radius 1 is 0.632 bits per heavy atom. The molecule has 3 nitrogen and oxygen atoms in total. The third kappa shape index (κ3) is 5.34. The van der Waals surface area contributed by atoms with Crippen LogP contribution in [-0.4, -0.2) is 10.2 Å². The first-order valence-corrected chi connectivity index (χ1v) is 6.51. The second-order valence-electron chi connectivity index (χ2n) is 3.04. The molecular weight excluding hydrogens is 240 g/mol. The number of phenols is 2. The van der Waals surface area contributed by atoms with Crippen molar-refractivity contribution in [2.24, 2.45) is 0 Å². The quantitative estimate of drug-likeness (QED) is 0.805. The molecule has 0 saturated heterocycles. The monoisotopic (exact) mass is 262 g/mol. The van der Waals surface area contributed by atoms with Gasteiger partial charge in [-0.25, -0.2) is 0 Å². The van der Waals surface area contributed by atoms with Crippen molar-refractivity contribution in [2.45, 2.75) is 27.7 Å². The molecule has 104 valence electrons. The summed E-state index contributed by atoms with van der Waals surface area (Å²) in [6, 6.07) is 13.2. The van der Waals surface area contributed by atoms with E-state index in [0.29, 0.717) is 11.5 Å². The van der Waals surface area contributed by atoms with E-state index in [4.69, 9.17) is 4.74 Å². The Morgan fingerprint density at radius 2 is 0.947 bits per heavy atom. The van der Waals surface area contributed by atoms with Crippen molar-refractivity contribution in [3.8, 4) is 23.0 Å². The van der Waals surface area contributed by atoms with E-state index in [2.05, 4.69) is 0 Å². The van der Waals surface area contributed by atoms with Crippen molar-refractivity contribution in [3.05, 3.63) is 48.5 Å². The maximum Gasteiger partial charge on any atom is 0.169 e. The van der Waals surface area contributed by atoms with Crippen LogP contribution in [0.15, 0.2) is 48.5 Å². The molecule has 0 saturated carbocycles. The number of benzene rings is 2. The second-order valence-corrected chi connectivity index (χ2v) is 3.04. The number of phenolic OH excluding ortho intramolecular Hbond substituents is 2. The van der Waals surface area contributed by atoms with Crippen molar-refractivity contribution < 1.29 is 14.9 Å². The van der Waals surface area contributed by atoms with Crippen molar-refractivity contribution in [3.63, 3.8) is 0 Å². The molecule has 2 rings (SSSR count). The number of hydrogen-bond acceptors (Lipinski definition) is 3. The second kappa shape index (κ2) is 9.83. The maximum atomic E-state index is 9.46. The highest BCUT2D eigenvalue weighted by Crippen LogP contribution is 2.34. The summed E-state index contributed by atoms with van der Waals surface area (Å²) in [6.07, 6.45) is 0. The molecule has 0 atom stereocenters. The largest absolute Gasteiger partial charge is 0.504 e. The minimum absolute atomic E-state index is 0.0424. The lowest BCUT2D eigenvalue weighted by Crippen LogP contribution is -1.84. The number of hydrogen-bond donors (Lipinski definition) is 2. The van der Waals surface area contributed by atoms with Gasteiger partial charge in [0.1, 0.15) is 0 Å². The van der Waals surface area contributed by atoms with E-state index in [9.17, 15) is 10.2 Å². The fourth-order valence-electron chi connectivity index (χ4n) is 1.21. The minimum Gasteiger partial charge on any atom is -0.504 e. The van der Waals surface area contributed by atoms with E-state index in [0.717, 1.165) is 0 Å². The summed E-state index contributed by atoms with van der Waals surface area (Å²) in [6.45, 7) is 8.00. The molecule has 2 N–H and O–H groups in total. The highest BCUT2D eigenvalue weighted by atomic mass is 16.5. The topological polar surface area (TPSA) is 49.7 Å². The maximum absolute atomic E-state index is 9.46. The zero-order valence-electron chi connectivity index (χ0n) is 11.9. The Morgan fingerprint density at radius 3 is 1.26 bits per heavy atom. The summed E-state index contributed by atoms with van der Waals surface area (Å²) in [5.74, 6) is 0.722. The number of rotatable bonds is 2. The normalized spacial score (nSPS) is 8.42. The van der Waals surface area contributed by atoms with E-state index in [1.807, 2.05) is 27.7 Å². The molecule has 0 aromatic heterocycles. The van der Waals surface area contributed by atoms with Gasteiger partial charge in [-0.05, 0) is 24.3 Å². The fourth-order valence-corrected chi connectivity index (χ4v) is 1.21. The molecule has 0 aliphatic heterocycles. The van der Waals surface area contributed by atoms with Crippen LogP contribution in [0.1, 0.15) is 27.7 Å². The molecule has 2 aromatic carbocycles. The van der Waals surface area contributed by atoms with Gasteiger partial charge in [0.2, 0.25) is 0 Å². The smallest absolute Gasteiger partial charge is 0.169 e. The van der Waals surface area contributed by atoms with Gasteiger partial charge in [0.15, 0.2) is 23.0 Å². The van der Waals surface area contributed by atoms with Crippen LogP contribution in [0.5, 0.6) is 23.0 Å². The summed E-state index contributed by atoms with van der Waals surface area (Å²) in [5, 5.41) is 18.9. The molecule has 0 unspecified atom stereocenters. The number of ether oxygens (including phenoxy) is 1. The predicted octanol–water partition coefficient (Wildman–Crippen LogP) is 4.94. The standard InChI is InChI=1S/C12H10O3.2C2H6/c13-9-5-1-3-7-11(9)15-12-8-4-2-6-10(12)14;2*1-2/h1-8,13-14H;2*1-2H3. The third-order valence-electron chi connectivity index (χ3n) is 1.95. The molecule has 0 radical (unpaired) electrons. The summed E-state index contributed by atoms with van der Waals surface area (Å²) in [5.41, 5.74) is 0. The van der Waals surface area contributed by atoms with E-state index in [1.54, 1.807) is 36.4 Å². The summed E-state index contributed by atoms with van der Waals surface area (Å²) in [7, 11) is 0. The SMILES string of the molecule is CC.CC.Oc1ccccc1Oc1ccccc1O. The van der Waals surface area contributed by atoms with Crippen molar-refractivity contribution in [1.82, 2.24) is 0 Å². The number of para-hydroxylation sites is 4. The first kappa shape index (κ1) is 16.8. The lowest BCUT2D eigenvalue weighted by Gasteiger charge is -2.08. The molecule has 0 amide bonds. The highest BCUT2D eigenvalue weighted by Gasteiger charge is 2.05. The molecule has 3 heteroatoms. The van der Waals surface area contributed by atoms with Crippen molar-refractivity contribution >= 4 is 0 Å². The van der Waals surface area contributed by atoms with Gasteiger partial charge in [0.25, 0.3) is 0 Å². The molecule has 0 bridgehead atoms. The average molecular weight is 262 g/mol. The van der Waals surface area contributed by atoms with Crippen LogP contribution in [0.25, 0.3) is 0 Å². The Bertz CT molecular complexity index is 424. The van der Waals surface area contributed by atoms with Crippen LogP contribution in [-0.2, 0) is 0 Å². The Balaban J connectivity index is 0.000000741. The Labute approximate surface area is 115 Å². The summed E-state index contributed by atoms with van der Waals surface area (Å²) >= 11 is 0. The van der Waals surface area contributed by atoms with Gasteiger partial charge in [-0.2, -0.15) is 0 Å². The van der Waals surface area contributed by atoms with Crippen LogP contribution < -0.4 is 4.74 Å². The molecule has 0 aliphatic rings. The molecular formula is C16H22O3. The van der Waals surface area contributed by atoms with Gasteiger partial charge in [-0.1, -0.05) is 52.0 Å². The van der Waals surface area contributed by atoms with Gasteiger partial charge in [-0.15, -0.1) is 0 Å². The predicted molar refractivity (Wildman–Crippen MR) is 79.0 cm³/mol. The van der Waals surface area contributed by atoms with Gasteiger partial charge in [0.05, 0.1) is 0 Å². The Kier molecular flexibility index (Phi) is 8.71. The Hall–Kier alpha value is -2.16. The van der Waals surface area contributed by atoms with Gasteiger partial charge in [0, 0.05) is 0 Å². The molecule has 0 heterocycles. The lowest BCUT2D eigenvalue weighted by molar-refractivity contribution is 0.385. The molecule has 0 aliphatic carbocycles. The van der Waals surface area contributed by atoms with Gasteiger partial charge < -0.3 is 14.9 Å². The minimum atomic E-state index is 0.0424. The number of aromatic hydroxyl groups is 2. The van der Waals surface area contributed by atoms with E-state index in [1.165, 1.54) is 12.1 Å². The van der Waals surface area contributed by atoms with Crippen LogP contribution in [0.4, 0.5) is 0 Å². The van der Waals surface area contributed by atoms with Crippen LogP contribution in [0, 0.1) is 0 Å². The molecule has 0 fully saturated rings. The first-order valence-electron chi connectivity index (χ1n) is 6.51. The fraction of sp³-hybridized carbons (Fsp3) is 0.250. The van der Waals surface area contributed by atoms with E-state index < -0.39 is 0 Å². The van der Waals surface area contributed by atoms with Gasteiger partial charge >= 0.3 is 0 Å². The summed E-state index contributed by atoms with van der Waals surface area (Å²) < 4.78 is 5.34. The molecule has 0 spiro atoms. The molecule has 19 heavy (non-hydrogen) atoms. The van der Waals surface area contributed by atoms with E-state index >= 15 is 0 Å². The van der Waals surface area contributed by atoms with Crippen LogP contribution in [0.3, 0.4) is 0 Å².